The van der Waals surface area contributed by atoms with Crippen molar-refractivity contribution in [1.29, 1.82) is 0 Å². The first-order chi connectivity index (χ1) is 12.5. The van der Waals surface area contributed by atoms with Crippen LogP contribution in [-0.4, -0.2) is 72.6 Å². The molecule has 1 fully saturated rings. The Labute approximate surface area is 157 Å². The van der Waals surface area contributed by atoms with Crippen LogP contribution in [0.5, 0.6) is 0 Å². The van der Waals surface area contributed by atoms with E-state index in [1.165, 1.54) is 0 Å². The van der Waals surface area contributed by atoms with Gasteiger partial charge in [0.05, 0.1) is 23.7 Å². The fourth-order valence-corrected chi connectivity index (χ4v) is 3.59. The normalized spacial score (nSPS) is 16.0. The lowest BCUT2D eigenvalue weighted by Gasteiger charge is -2.33. The highest BCUT2D eigenvalue weighted by Gasteiger charge is 2.23. The second-order valence-electron chi connectivity index (χ2n) is 7.36. The lowest BCUT2D eigenvalue weighted by atomic mass is 9.96. The molecule has 1 aromatic heterocycles. The quantitative estimate of drug-likeness (QED) is 0.769. The van der Waals surface area contributed by atoms with Crippen molar-refractivity contribution in [3.8, 4) is 0 Å². The molecule has 1 aliphatic heterocycles. The number of nitrogens with one attached hydrogen (secondary N) is 1. The van der Waals surface area contributed by atoms with E-state index >= 15 is 0 Å². The molecule has 7 nitrogen and oxygen atoms in total. The van der Waals surface area contributed by atoms with E-state index in [0.717, 1.165) is 75.7 Å². The number of anilines is 1. The molecule has 0 bridgehead atoms. The third kappa shape index (κ3) is 5.45. The molecular weight excluding hydrogens is 330 g/mol. The first kappa shape index (κ1) is 20.7. The van der Waals surface area contributed by atoms with Gasteiger partial charge in [0, 0.05) is 33.8 Å². The summed E-state index contributed by atoms with van der Waals surface area (Å²) >= 11 is 0. The maximum atomic E-state index is 12.6. The van der Waals surface area contributed by atoms with E-state index in [1.54, 1.807) is 7.11 Å². The Balaban J connectivity index is 1.83. The molecule has 1 aromatic rings. The molecule has 0 aromatic carbocycles. The van der Waals surface area contributed by atoms with Crippen molar-refractivity contribution in [2.75, 3.05) is 52.3 Å². The molecule has 0 atom stereocenters. The summed E-state index contributed by atoms with van der Waals surface area (Å²) in [6.07, 6.45) is 3.29. The van der Waals surface area contributed by atoms with Crippen LogP contribution in [0.3, 0.4) is 0 Å². The van der Waals surface area contributed by atoms with Crippen molar-refractivity contribution >= 4 is 11.7 Å². The van der Waals surface area contributed by atoms with Crippen molar-refractivity contribution in [2.45, 2.75) is 46.6 Å². The zero-order chi connectivity index (χ0) is 19.1. The van der Waals surface area contributed by atoms with Crippen molar-refractivity contribution in [2.24, 2.45) is 5.92 Å². The predicted octanol–water partition coefficient (Wildman–Crippen LogP) is 2.73. The van der Waals surface area contributed by atoms with Crippen LogP contribution in [0.15, 0.2) is 0 Å². The molecule has 0 radical (unpaired) electrons. The van der Waals surface area contributed by atoms with Crippen LogP contribution in [0.1, 0.15) is 37.6 Å². The number of hydrogen-bond acceptors (Lipinski definition) is 4. The number of amides is 2. The monoisotopic (exact) mass is 365 g/mol. The van der Waals surface area contributed by atoms with Gasteiger partial charge in [-0.05, 0) is 52.1 Å². The van der Waals surface area contributed by atoms with Crippen molar-refractivity contribution in [3.05, 3.63) is 11.4 Å². The van der Waals surface area contributed by atoms with Crippen LogP contribution in [0.25, 0.3) is 0 Å². The first-order valence-corrected chi connectivity index (χ1v) is 9.73. The third-order valence-electron chi connectivity index (χ3n) is 5.25. The Morgan fingerprint density at radius 2 is 2.00 bits per heavy atom. The average Bonchev–Trinajstić information content (AvgIpc) is 2.89. The number of nitrogens with zero attached hydrogens (tertiary/aromatic N) is 4. The lowest BCUT2D eigenvalue weighted by Crippen LogP contribution is -2.41. The predicted molar refractivity (Wildman–Crippen MR) is 105 cm³/mol. The van der Waals surface area contributed by atoms with Gasteiger partial charge in [0.15, 0.2) is 0 Å². The minimum Gasteiger partial charge on any atom is -0.383 e. The van der Waals surface area contributed by atoms with Crippen molar-refractivity contribution in [1.82, 2.24) is 19.6 Å². The van der Waals surface area contributed by atoms with Gasteiger partial charge in [0.2, 0.25) is 0 Å². The zero-order valence-electron chi connectivity index (χ0n) is 17.0. The number of carbonyl (C=O) groups excluding carboxylic acids is 1. The molecule has 0 saturated carbocycles. The van der Waals surface area contributed by atoms with E-state index in [1.807, 2.05) is 30.5 Å². The van der Waals surface area contributed by atoms with Crippen molar-refractivity contribution < 1.29 is 9.53 Å². The number of urea groups is 1. The summed E-state index contributed by atoms with van der Waals surface area (Å²) in [4.78, 5) is 16.9. The summed E-state index contributed by atoms with van der Waals surface area (Å²) in [6, 6.07) is -0.0472. The second kappa shape index (κ2) is 9.92. The summed E-state index contributed by atoms with van der Waals surface area (Å²) in [7, 11) is 3.63. The van der Waals surface area contributed by atoms with Crippen LogP contribution >= 0.6 is 0 Å². The Morgan fingerprint density at radius 3 is 2.62 bits per heavy atom. The van der Waals surface area contributed by atoms with Gasteiger partial charge in [0.25, 0.3) is 0 Å². The number of aromatic nitrogens is 2. The standard InChI is InChI=1S/C19H35N5O2/c1-6-9-24-16(3)18(15(2)21-24)20-19(25)22(4)14-17-7-10-23(11-8-17)12-13-26-5/h17H,6-14H2,1-5H3,(H,20,25). The smallest absolute Gasteiger partial charge is 0.321 e. The van der Waals surface area contributed by atoms with Crippen LogP contribution in [0.4, 0.5) is 10.5 Å². The maximum absolute atomic E-state index is 12.6. The Hall–Kier alpha value is -1.60. The zero-order valence-corrected chi connectivity index (χ0v) is 17.0. The minimum absolute atomic E-state index is 0.0472. The third-order valence-corrected chi connectivity index (χ3v) is 5.25. The number of methoxy groups -OCH3 is 1. The van der Waals surface area contributed by atoms with E-state index in [9.17, 15) is 4.79 Å². The van der Waals surface area contributed by atoms with Crippen LogP contribution < -0.4 is 5.32 Å². The maximum Gasteiger partial charge on any atom is 0.321 e. The minimum atomic E-state index is -0.0472. The first-order valence-electron chi connectivity index (χ1n) is 9.73. The molecular formula is C19H35N5O2. The summed E-state index contributed by atoms with van der Waals surface area (Å²) in [5.74, 6) is 0.564. The SMILES string of the molecule is CCCn1nc(C)c(NC(=O)N(C)CC2CCN(CCOC)CC2)c1C. The molecule has 0 aliphatic carbocycles. The van der Waals surface area contributed by atoms with E-state index in [2.05, 4.69) is 22.2 Å². The van der Waals surface area contributed by atoms with E-state index in [4.69, 9.17) is 4.74 Å². The number of aryl methyl sites for hydroxylation is 2. The molecule has 1 saturated heterocycles. The Kier molecular flexibility index (Phi) is 7.90. The van der Waals surface area contributed by atoms with Crippen LogP contribution in [0.2, 0.25) is 0 Å². The van der Waals surface area contributed by atoms with Gasteiger partial charge in [-0.25, -0.2) is 4.79 Å². The lowest BCUT2D eigenvalue weighted by molar-refractivity contribution is 0.113. The molecule has 1 aliphatic rings. The van der Waals surface area contributed by atoms with E-state index in [0.29, 0.717) is 5.92 Å². The molecule has 7 heteroatoms. The van der Waals surface area contributed by atoms with Gasteiger partial charge >= 0.3 is 6.03 Å². The van der Waals surface area contributed by atoms with Gasteiger partial charge < -0.3 is 19.9 Å². The van der Waals surface area contributed by atoms with E-state index in [-0.39, 0.29) is 6.03 Å². The van der Waals surface area contributed by atoms with Gasteiger partial charge in [-0.1, -0.05) is 6.92 Å². The number of piperidine rings is 1. The Morgan fingerprint density at radius 1 is 1.31 bits per heavy atom. The highest BCUT2D eigenvalue weighted by Crippen LogP contribution is 2.21. The molecule has 148 valence electrons. The summed E-state index contributed by atoms with van der Waals surface area (Å²) < 4.78 is 7.12. The molecule has 0 spiro atoms. The fourth-order valence-electron chi connectivity index (χ4n) is 3.59. The second-order valence-corrected chi connectivity index (χ2v) is 7.36. The highest BCUT2D eigenvalue weighted by atomic mass is 16.5. The number of hydrogen-bond donors (Lipinski definition) is 1. The van der Waals surface area contributed by atoms with Gasteiger partial charge in [-0.2, -0.15) is 5.10 Å². The number of likely N-dealkylation sites (tertiary alicyclic amines) is 1. The Bertz CT molecular complexity index is 579. The van der Waals surface area contributed by atoms with Gasteiger partial charge in [-0.15, -0.1) is 0 Å². The number of rotatable bonds is 8. The van der Waals surface area contributed by atoms with Crippen LogP contribution in [0, 0.1) is 19.8 Å². The summed E-state index contributed by atoms with van der Waals surface area (Å²) in [5.41, 5.74) is 2.76. The summed E-state index contributed by atoms with van der Waals surface area (Å²) in [5, 5.41) is 7.59. The molecule has 2 heterocycles. The highest BCUT2D eigenvalue weighted by molar-refractivity contribution is 5.90. The van der Waals surface area contributed by atoms with Crippen LogP contribution in [-0.2, 0) is 11.3 Å². The fraction of sp³-hybridized carbons (Fsp3) is 0.789. The molecule has 0 unspecified atom stereocenters. The topological polar surface area (TPSA) is 62.6 Å². The molecule has 26 heavy (non-hydrogen) atoms. The van der Waals surface area contributed by atoms with Gasteiger partial charge in [0.1, 0.15) is 0 Å². The molecule has 2 rings (SSSR count). The molecule has 1 N–H and O–H groups in total. The number of ether oxygens (including phenoxy) is 1. The van der Waals surface area contributed by atoms with E-state index < -0.39 is 0 Å². The number of carbonyl (C=O) groups is 1. The molecule has 2 amide bonds. The van der Waals surface area contributed by atoms with Crippen molar-refractivity contribution in [3.63, 3.8) is 0 Å². The summed E-state index contributed by atoms with van der Waals surface area (Å²) in [6.45, 7) is 11.7. The van der Waals surface area contributed by atoms with Gasteiger partial charge in [-0.3, -0.25) is 4.68 Å². The average molecular weight is 366 g/mol. The largest absolute Gasteiger partial charge is 0.383 e.